The molecule has 3 atom stereocenters. The number of hydrogen-bond donors (Lipinski definition) is 3. The summed E-state index contributed by atoms with van der Waals surface area (Å²) in [5.74, 6) is -0.912. The maximum Gasteiger partial charge on any atom is 0.407 e. The molecule has 3 N–H and O–H groups in total. The van der Waals surface area contributed by atoms with Gasteiger partial charge in [0, 0.05) is 25.6 Å². The monoisotopic (exact) mass is 397 g/mol. The van der Waals surface area contributed by atoms with Gasteiger partial charge in [-0.05, 0) is 40.0 Å². The van der Waals surface area contributed by atoms with Crippen LogP contribution in [0.3, 0.4) is 0 Å². The fraction of sp³-hybridized carbons (Fsp3) is 0.842. The van der Waals surface area contributed by atoms with Gasteiger partial charge in [0.25, 0.3) is 5.91 Å². The Balaban J connectivity index is 1.64. The lowest BCUT2D eigenvalue weighted by molar-refractivity contribution is -0.200. The highest BCUT2D eigenvalue weighted by Crippen LogP contribution is 2.38. The number of amides is 3. The number of rotatable bonds is 5. The molecule has 0 aromatic rings. The molecule has 9 heteroatoms. The van der Waals surface area contributed by atoms with Crippen LogP contribution in [0.4, 0.5) is 4.79 Å². The molecule has 0 aliphatic carbocycles. The standard InChI is InChI=1S/C19H31N3O6/c1-18(2,3)28-17(26)21-13(7-12-5-4-6-20-15(12)24)14(23)16(25)22-8-19(9-22)10-27-11-19/h12-14,23H,4-11H2,1-3H3,(H,20,24)(H,21,26). The van der Waals surface area contributed by atoms with Gasteiger partial charge in [0.2, 0.25) is 5.91 Å². The molecule has 3 heterocycles. The summed E-state index contributed by atoms with van der Waals surface area (Å²) in [4.78, 5) is 38.7. The lowest BCUT2D eigenvalue weighted by Crippen LogP contribution is -2.69. The van der Waals surface area contributed by atoms with Crippen molar-refractivity contribution in [1.82, 2.24) is 15.5 Å². The van der Waals surface area contributed by atoms with E-state index < -0.39 is 29.7 Å². The minimum atomic E-state index is -1.43. The van der Waals surface area contributed by atoms with Crippen molar-refractivity contribution in [1.29, 1.82) is 0 Å². The Morgan fingerprint density at radius 3 is 2.61 bits per heavy atom. The molecule has 0 aromatic carbocycles. The summed E-state index contributed by atoms with van der Waals surface area (Å²) in [7, 11) is 0. The molecule has 3 aliphatic heterocycles. The Labute approximate surface area is 165 Å². The molecule has 3 rings (SSSR count). The van der Waals surface area contributed by atoms with Gasteiger partial charge in [-0.25, -0.2) is 4.79 Å². The first-order valence-electron chi connectivity index (χ1n) is 9.90. The zero-order chi connectivity index (χ0) is 20.5. The van der Waals surface area contributed by atoms with Crippen LogP contribution in [-0.4, -0.2) is 78.5 Å². The number of aliphatic hydroxyl groups excluding tert-OH is 1. The van der Waals surface area contributed by atoms with Crippen molar-refractivity contribution in [2.24, 2.45) is 11.3 Å². The smallest absolute Gasteiger partial charge is 0.407 e. The van der Waals surface area contributed by atoms with Gasteiger partial charge in [-0.2, -0.15) is 0 Å². The zero-order valence-electron chi connectivity index (χ0n) is 16.8. The third-order valence-electron chi connectivity index (χ3n) is 5.45. The number of ether oxygens (including phenoxy) is 2. The maximum absolute atomic E-state index is 12.7. The number of likely N-dealkylation sites (tertiary alicyclic amines) is 1. The Hall–Kier alpha value is -1.87. The van der Waals surface area contributed by atoms with E-state index in [0.29, 0.717) is 39.3 Å². The van der Waals surface area contributed by atoms with Gasteiger partial charge in [-0.3, -0.25) is 9.59 Å². The molecule has 0 aromatic heterocycles. The van der Waals surface area contributed by atoms with Crippen LogP contribution in [0.15, 0.2) is 0 Å². The first kappa shape index (κ1) is 20.9. The predicted octanol–water partition coefficient (Wildman–Crippen LogP) is 0.0157. The minimum Gasteiger partial charge on any atom is -0.444 e. The van der Waals surface area contributed by atoms with Crippen LogP contribution >= 0.6 is 0 Å². The van der Waals surface area contributed by atoms with E-state index in [-0.39, 0.29) is 23.7 Å². The van der Waals surface area contributed by atoms with Crippen molar-refractivity contribution >= 4 is 17.9 Å². The van der Waals surface area contributed by atoms with Gasteiger partial charge in [-0.1, -0.05) is 0 Å². The van der Waals surface area contributed by atoms with Crippen LogP contribution in [0.5, 0.6) is 0 Å². The third-order valence-corrected chi connectivity index (χ3v) is 5.45. The van der Waals surface area contributed by atoms with Gasteiger partial charge in [0.15, 0.2) is 6.10 Å². The number of piperidine rings is 1. The number of carbonyl (C=O) groups is 3. The molecule has 3 saturated heterocycles. The zero-order valence-corrected chi connectivity index (χ0v) is 16.8. The first-order valence-corrected chi connectivity index (χ1v) is 9.90. The van der Waals surface area contributed by atoms with Gasteiger partial charge < -0.3 is 30.1 Å². The second kappa shape index (κ2) is 7.87. The number of hydrogen-bond acceptors (Lipinski definition) is 6. The molecule has 3 fully saturated rings. The number of nitrogens with one attached hydrogen (secondary N) is 2. The second-order valence-electron chi connectivity index (χ2n) is 9.25. The quantitative estimate of drug-likeness (QED) is 0.602. The number of carbonyl (C=O) groups excluding carboxylic acids is 3. The summed E-state index contributed by atoms with van der Waals surface area (Å²) in [5.41, 5.74) is -0.674. The number of aliphatic hydroxyl groups is 1. The molecule has 158 valence electrons. The molecule has 0 saturated carbocycles. The second-order valence-corrected chi connectivity index (χ2v) is 9.25. The normalized spacial score (nSPS) is 25.8. The highest BCUT2D eigenvalue weighted by molar-refractivity contribution is 5.84. The third kappa shape index (κ3) is 4.75. The first-order chi connectivity index (χ1) is 13.1. The molecule has 28 heavy (non-hydrogen) atoms. The van der Waals surface area contributed by atoms with Crippen molar-refractivity contribution in [2.45, 2.75) is 57.8 Å². The van der Waals surface area contributed by atoms with Crippen LogP contribution in [0.25, 0.3) is 0 Å². The van der Waals surface area contributed by atoms with Gasteiger partial charge in [0.05, 0.1) is 24.7 Å². The largest absolute Gasteiger partial charge is 0.444 e. The molecule has 0 radical (unpaired) electrons. The lowest BCUT2D eigenvalue weighted by Gasteiger charge is -2.55. The van der Waals surface area contributed by atoms with Crippen molar-refractivity contribution in [3.05, 3.63) is 0 Å². The van der Waals surface area contributed by atoms with Crippen molar-refractivity contribution in [3.8, 4) is 0 Å². The Morgan fingerprint density at radius 1 is 1.39 bits per heavy atom. The van der Waals surface area contributed by atoms with E-state index >= 15 is 0 Å². The van der Waals surface area contributed by atoms with Crippen LogP contribution in [0.2, 0.25) is 0 Å². The molecular formula is C19H31N3O6. The van der Waals surface area contributed by atoms with Crippen LogP contribution in [-0.2, 0) is 19.1 Å². The van der Waals surface area contributed by atoms with Crippen molar-refractivity contribution in [2.75, 3.05) is 32.8 Å². The summed E-state index contributed by atoms with van der Waals surface area (Å²) in [5, 5.41) is 16.1. The summed E-state index contributed by atoms with van der Waals surface area (Å²) < 4.78 is 10.5. The Morgan fingerprint density at radius 2 is 2.07 bits per heavy atom. The summed E-state index contributed by atoms with van der Waals surface area (Å²) in [6, 6.07) is -0.898. The topological polar surface area (TPSA) is 117 Å². The van der Waals surface area contributed by atoms with Crippen molar-refractivity contribution in [3.63, 3.8) is 0 Å². The van der Waals surface area contributed by atoms with Crippen molar-refractivity contribution < 1.29 is 29.0 Å². The fourth-order valence-electron chi connectivity index (χ4n) is 3.94. The van der Waals surface area contributed by atoms with E-state index in [9.17, 15) is 19.5 Å². The maximum atomic E-state index is 12.7. The van der Waals surface area contributed by atoms with E-state index in [0.717, 1.165) is 6.42 Å². The number of alkyl carbamates (subject to hydrolysis) is 1. The van der Waals surface area contributed by atoms with Crippen LogP contribution < -0.4 is 10.6 Å². The SMILES string of the molecule is CC(C)(C)OC(=O)NC(CC1CCCNC1=O)C(O)C(=O)N1CC2(COC2)C1. The minimum absolute atomic E-state index is 0.0345. The van der Waals surface area contributed by atoms with E-state index in [1.54, 1.807) is 25.7 Å². The molecule has 9 nitrogen and oxygen atoms in total. The van der Waals surface area contributed by atoms with Crippen LogP contribution in [0.1, 0.15) is 40.0 Å². The van der Waals surface area contributed by atoms with E-state index in [1.165, 1.54) is 0 Å². The molecule has 3 unspecified atom stereocenters. The number of nitrogens with zero attached hydrogens (tertiary/aromatic N) is 1. The average Bonchev–Trinajstić information content (AvgIpc) is 2.51. The van der Waals surface area contributed by atoms with E-state index in [2.05, 4.69) is 10.6 Å². The van der Waals surface area contributed by atoms with E-state index in [1.807, 2.05) is 0 Å². The van der Waals surface area contributed by atoms with Gasteiger partial charge in [0.1, 0.15) is 5.60 Å². The predicted molar refractivity (Wildman–Crippen MR) is 99.3 cm³/mol. The van der Waals surface area contributed by atoms with Crippen LogP contribution in [0, 0.1) is 11.3 Å². The molecule has 3 amide bonds. The summed E-state index contributed by atoms with van der Waals surface area (Å²) >= 11 is 0. The van der Waals surface area contributed by atoms with E-state index in [4.69, 9.17) is 9.47 Å². The Bertz CT molecular complexity index is 620. The highest BCUT2D eigenvalue weighted by atomic mass is 16.6. The fourth-order valence-corrected chi connectivity index (χ4v) is 3.94. The molecule has 1 spiro atoms. The highest BCUT2D eigenvalue weighted by Gasteiger charge is 2.52. The van der Waals surface area contributed by atoms with Gasteiger partial charge in [-0.15, -0.1) is 0 Å². The summed E-state index contributed by atoms with van der Waals surface area (Å²) in [6.45, 7) is 8.19. The van der Waals surface area contributed by atoms with Gasteiger partial charge >= 0.3 is 6.09 Å². The Kier molecular flexibility index (Phi) is 5.86. The molecular weight excluding hydrogens is 366 g/mol. The molecule has 0 bridgehead atoms. The molecule has 3 aliphatic rings. The summed E-state index contributed by atoms with van der Waals surface area (Å²) in [6.07, 6.45) is -0.480. The lowest BCUT2D eigenvalue weighted by atomic mass is 9.77. The average molecular weight is 397 g/mol.